The number of pyridine rings is 1. The Hall–Kier alpha value is -3.43. The number of fused-ring (bicyclic) bond motifs is 8. The fourth-order valence-corrected chi connectivity index (χ4v) is 8.04. The Morgan fingerprint density at radius 3 is 2.21 bits per heavy atom. The lowest BCUT2D eigenvalue weighted by molar-refractivity contribution is -0.713. The first-order valence-corrected chi connectivity index (χ1v) is 14.5. The van der Waals surface area contributed by atoms with Crippen molar-refractivity contribution in [3.05, 3.63) is 89.1 Å². The average molecular weight is 517 g/mol. The van der Waals surface area contributed by atoms with E-state index in [1.807, 2.05) is 11.3 Å². The second-order valence-corrected chi connectivity index (χ2v) is 13.2. The molecule has 38 heavy (non-hydrogen) atoms. The number of nitrogens with zero attached hydrogens (tertiary/aromatic N) is 1. The smallest absolute Gasteiger partial charge is 0.231 e. The minimum absolute atomic E-state index is 0.0432. The number of thiophene rings is 1. The third-order valence-corrected chi connectivity index (χ3v) is 10.2. The van der Waals surface area contributed by atoms with E-state index < -0.39 is 0 Å². The molecule has 0 radical (unpaired) electrons. The fourth-order valence-electron chi connectivity index (χ4n) is 6.64. The van der Waals surface area contributed by atoms with Crippen LogP contribution in [0.1, 0.15) is 68.8 Å². The van der Waals surface area contributed by atoms with Gasteiger partial charge in [-0.3, -0.25) is 0 Å². The van der Waals surface area contributed by atoms with Gasteiger partial charge in [-0.15, -0.1) is 11.3 Å². The predicted molar refractivity (Wildman–Crippen MR) is 161 cm³/mol. The normalized spacial score (nSPS) is 17.3. The molecule has 3 heteroatoms. The molecule has 0 spiro atoms. The summed E-state index contributed by atoms with van der Waals surface area (Å²) in [6.45, 7) is 16.2. The van der Waals surface area contributed by atoms with E-state index in [0.29, 0.717) is 12.0 Å². The van der Waals surface area contributed by atoms with Crippen molar-refractivity contribution in [2.24, 2.45) is 0 Å². The molecule has 0 N–H and O–H groups in total. The zero-order valence-corrected chi connectivity index (χ0v) is 24.1. The second-order valence-electron chi connectivity index (χ2n) is 12.1. The van der Waals surface area contributed by atoms with Gasteiger partial charge in [0, 0.05) is 28.3 Å². The van der Waals surface area contributed by atoms with Crippen molar-refractivity contribution in [3.8, 4) is 21.9 Å². The van der Waals surface area contributed by atoms with E-state index >= 15 is 0 Å². The summed E-state index contributed by atoms with van der Waals surface area (Å²) in [5, 5.41) is 5.32. The molecular weight excluding hydrogens is 482 g/mol. The highest BCUT2D eigenvalue weighted by Crippen LogP contribution is 2.50. The lowest BCUT2D eigenvalue weighted by Gasteiger charge is -2.31. The molecule has 3 aromatic carbocycles. The Morgan fingerprint density at radius 2 is 1.50 bits per heavy atom. The first kappa shape index (κ1) is 23.7. The Bertz CT molecular complexity index is 1910. The average Bonchev–Trinajstić information content (AvgIpc) is 3.41. The van der Waals surface area contributed by atoms with Gasteiger partial charge in [0.15, 0.2) is 12.2 Å². The SMILES string of the molecule is Cc1c(-c2sc3c4[n+](ccc3c2C)C(C)C(C)c2c-4cc(C(C)(C)C)c3ccccc23)oc2ccccc12. The lowest BCUT2D eigenvalue weighted by Crippen LogP contribution is -2.45. The molecule has 0 aliphatic carbocycles. The van der Waals surface area contributed by atoms with Gasteiger partial charge in [0.1, 0.15) is 16.0 Å². The van der Waals surface area contributed by atoms with Crippen LogP contribution in [0.4, 0.5) is 0 Å². The van der Waals surface area contributed by atoms with Gasteiger partial charge in [-0.1, -0.05) is 70.2 Å². The van der Waals surface area contributed by atoms with Crippen LogP contribution in [-0.4, -0.2) is 0 Å². The summed E-state index contributed by atoms with van der Waals surface area (Å²) in [5.41, 5.74) is 9.18. The maximum absolute atomic E-state index is 6.47. The highest BCUT2D eigenvalue weighted by Gasteiger charge is 2.39. The van der Waals surface area contributed by atoms with Crippen molar-refractivity contribution in [2.75, 3.05) is 0 Å². The molecule has 4 heterocycles. The topological polar surface area (TPSA) is 17.0 Å². The molecule has 0 saturated carbocycles. The van der Waals surface area contributed by atoms with Crippen LogP contribution in [-0.2, 0) is 5.41 Å². The van der Waals surface area contributed by atoms with Crippen molar-refractivity contribution in [3.63, 3.8) is 0 Å². The molecule has 1 aliphatic rings. The third kappa shape index (κ3) is 3.15. The van der Waals surface area contributed by atoms with E-state index in [1.165, 1.54) is 64.6 Å². The van der Waals surface area contributed by atoms with Crippen molar-refractivity contribution >= 4 is 43.2 Å². The monoisotopic (exact) mass is 516 g/mol. The predicted octanol–water partition coefficient (Wildman–Crippen LogP) is 10.0. The maximum atomic E-state index is 6.47. The highest BCUT2D eigenvalue weighted by atomic mass is 32.1. The van der Waals surface area contributed by atoms with Gasteiger partial charge in [0.05, 0.1) is 10.4 Å². The highest BCUT2D eigenvalue weighted by molar-refractivity contribution is 7.23. The molecule has 190 valence electrons. The summed E-state index contributed by atoms with van der Waals surface area (Å²) in [6.07, 6.45) is 2.32. The first-order valence-electron chi connectivity index (χ1n) is 13.7. The number of aryl methyl sites for hydroxylation is 2. The number of furan rings is 1. The number of para-hydroxylation sites is 1. The number of benzene rings is 3. The van der Waals surface area contributed by atoms with Crippen LogP contribution in [0.3, 0.4) is 0 Å². The van der Waals surface area contributed by atoms with Crippen LogP contribution >= 0.6 is 11.3 Å². The minimum atomic E-state index is 0.0432. The zero-order chi connectivity index (χ0) is 26.5. The molecule has 0 fully saturated rings. The van der Waals surface area contributed by atoms with E-state index in [0.717, 1.165) is 11.3 Å². The molecule has 2 unspecified atom stereocenters. The molecule has 3 aromatic heterocycles. The zero-order valence-electron chi connectivity index (χ0n) is 23.3. The molecule has 2 atom stereocenters. The summed E-state index contributed by atoms with van der Waals surface area (Å²) < 4.78 is 10.4. The second kappa shape index (κ2) is 8.04. The Balaban J connectivity index is 1.59. The van der Waals surface area contributed by atoms with Crippen LogP contribution in [0, 0.1) is 13.8 Å². The van der Waals surface area contributed by atoms with Gasteiger partial charge in [-0.25, -0.2) is 0 Å². The van der Waals surface area contributed by atoms with Crippen molar-refractivity contribution in [1.29, 1.82) is 0 Å². The summed E-state index contributed by atoms with van der Waals surface area (Å²) in [4.78, 5) is 1.24. The molecule has 7 rings (SSSR count). The van der Waals surface area contributed by atoms with Crippen LogP contribution in [0.25, 0.3) is 53.7 Å². The Labute approximate surface area is 228 Å². The van der Waals surface area contributed by atoms with Crippen molar-refractivity contribution < 1.29 is 8.98 Å². The number of hydrogen-bond donors (Lipinski definition) is 0. The molecule has 0 amide bonds. The van der Waals surface area contributed by atoms with Crippen LogP contribution in [0.15, 0.2) is 71.3 Å². The van der Waals surface area contributed by atoms with Crippen LogP contribution < -0.4 is 4.57 Å². The molecule has 0 bridgehead atoms. The van der Waals surface area contributed by atoms with Gasteiger partial charge in [0.25, 0.3) is 0 Å². The number of rotatable bonds is 1. The molecule has 1 aliphatic heterocycles. The quantitative estimate of drug-likeness (QED) is 0.199. The first-order chi connectivity index (χ1) is 18.2. The van der Waals surface area contributed by atoms with E-state index in [9.17, 15) is 0 Å². The maximum Gasteiger partial charge on any atom is 0.231 e. The lowest BCUT2D eigenvalue weighted by atomic mass is 9.76. The largest absolute Gasteiger partial charge is 0.455 e. The minimum Gasteiger partial charge on any atom is -0.455 e. The summed E-state index contributed by atoms with van der Waals surface area (Å²) in [6, 6.07) is 22.6. The summed E-state index contributed by atoms with van der Waals surface area (Å²) in [5.74, 6) is 1.42. The molecular formula is C35H34NOS+. The fraction of sp³-hybridized carbons (Fsp3) is 0.286. The molecule has 2 nitrogen and oxygen atoms in total. The van der Waals surface area contributed by atoms with Gasteiger partial charge < -0.3 is 4.42 Å². The van der Waals surface area contributed by atoms with Crippen LogP contribution in [0.2, 0.25) is 0 Å². The summed E-state index contributed by atoms with van der Waals surface area (Å²) in [7, 11) is 0. The van der Waals surface area contributed by atoms with Gasteiger partial charge in [0.2, 0.25) is 5.69 Å². The van der Waals surface area contributed by atoms with Crippen molar-refractivity contribution in [1.82, 2.24) is 0 Å². The van der Waals surface area contributed by atoms with E-state index in [4.69, 9.17) is 4.42 Å². The number of hydrogen-bond acceptors (Lipinski definition) is 2. The van der Waals surface area contributed by atoms with Crippen molar-refractivity contribution in [2.45, 2.75) is 65.8 Å². The van der Waals surface area contributed by atoms with Gasteiger partial charge >= 0.3 is 0 Å². The molecule has 6 aromatic rings. The van der Waals surface area contributed by atoms with E-state index in [1.54, 1.807) is 0 Å². The van der Waals surface area contributed by atoms with Gasteiger partial charge in [-0.05, 0) is 65.8 Å². The Kier molecular flexibility index (Phi) is 5.01. The Morgan fingerprint density at radius 1 is 0.816 bits per heavy atom. The standard InChI is InChI=1S/C35H34NOS/c1-19-22(4)36-17-16-24-21(3)33(32-20(2)23-12-10-11-15-29(23)37-32)38-34(24)31(36)27-18-28(35(5,6)7)25-13-8-9-14-26(25)30(19)27/h8-19,22H,1-7H3/q+1. The van der Waals surface area contributed by atoms with Gasteiger partial charge in [-0.2, -0.15) is 4.57 Å². The number of aromatic nitrogens is 1. The van der Waals surface area contributed by atoms with E-state index in [2.05, 4.69) is 120 Å². The summed E-state index contributed by atoms with van der Waals surface area (Å²) >= 11 is 1.89. The third-order valence-electron chi connectivity index (χ3n) is 8.89. The van der Waals surface area contributed by atoms with E-state index in [-0.39, 0.29) is 5.41 Å². The molecule has 0 saturated heterocycles. The van der Waals surface area contributed by atoms with Crippen LogP contribution in [0.5, 0.6) is 0 Å².